The smallest absolute Gasteiger partial charge is 0.0572 e. The number of aromatic nitrogens is 3. The Morgan fingerprint density at radius 3 is 1.76 bits per heavy atom. The Bertz CT molecular complexity index is 2760. The van der Waals surface area contributed by atoms with E-state index in [1.807, 2.05) is 30.9 Å². The summed E-state index contributed by atoms with van der Waals surface area (Å²) in [6.07, 6.45) is 11.2. The number of para-hydroxylation sites is 1. The zero-order valence-corrected chi connectivity index (χ0v) is 28.2. The fraction of sp³-hybridized carbons (Fsp3) is 0.0213. The minimum atomic E-state index is 0.986. The summed E-state index contributed by atoms with van der Waals surface area (Å²) >= 11 is 0. The molecule has 0 aliphatic carbocycles. The maximum atomic E-state index is 6.01. The van der Waals surface area contributed by atoms with Crippen molar-refractivity contribution in [2.45, 2.75) is 6.92 Å². The first-order chi connectivity index (χ1) is 25.2. The van der Waals surface area contributed by atoms with E-state index in [1.165, 1.54) is 54.7 Å². The van der Waals surface area contributed by atoms with Gasteiger partial charge in [-0.1, -0.05) is 115 Å². The van der Waals surface area contributed by atoms with E-state index in [0.29, 0.717) is 0 Å². The first-order valence-corrected chi connectivity index (χ1v) is 17.2. The number of nitrogens with two attached hydrogens (primary N) is 1. The summed E-state index contributed by atoms with van der Waals surface area (Å²) in [5.41, 5.74) is 19.4. The lowest BCUT2D eigenvalue weighted by Gasteiger charge is -2.20. The molecule has 2 N–H and O–H groups in total. The molecule has 0 radical (unpaired) electrons. The highest BCUT2D eigenvalue weighted by atomic mass is 15.0. The third-order valence-electron chi connectivity index (χ3n) is 10.0. The van der Waals surface area contributed by atoms with Gasteiger partial charge in [-0.25, -0.2) is 0 Å². The molecule has 0 saturated heterocycles. The summed E-state index contributed by atoms with van der Waals surface area (Å²) in [5.74, 6) is 0. The number of aryl methyl sites for hydroxylation is 1. The first-order valence-electron chi connectivity index (χ1n) is 17.2. The topological polar surface area (TPSA) is 56.7 Å². The van der Waals surface area contributed by atoms with Gasteiger partial charge in [0, 0.05) is 41.3 Å². The molecule has 0 amide bonds. The largest absolute Gasteiger partial charge is 0.405 e. The van der Waals surface area contributed by atoms with Gasteiger partial charge in [-0.2, -0.15) is 0 Å². The molecule has 0 aliphatic heterocycles. The van der Waals surface area contributed by atoms with Gasteiger partial charge < -0.3 is 10.3 Å². The Morgan fingerprint density at radius 1 is 0.510 bits per heavy atom. The van der Waals surface area contributed by atoms with Crippen molar-refractivity contribution in [3.8, 4) is 50.2 Å². The predicted molar refractivity (Wildman–Crippen MR) is 214 cm³/mol. The zero-order chi connectivity index (χ0) is 34.3. The second-order valence-electron chi connectivity index (χ2n) is 12.8. The normalized spacial score (nSPS) is 11.6. The van der Waals surface area contributed by atoms with Crippen LogP contribution in [-0.4, -0.2) is 14.5 Å². The highest BCUT2D eigenvalue weighted by Gasteiger charge is 2.21. The molecule has 9 aromatic rings. The molecule has 6 aromatic carbocycles. The van der Waals surface area contributed by atoms with Crippen LogP contribution in [0.25, 0.3) is 88.7 Å². The Hall–Kier alpha value is -6.78. The second kappa shape index (κ2) is 12.6. The number of fused-ring (bicyclic) bond motifs is 3. The van der Waals surface area contributed by atoms with Gasteiger partial charge in [0.15, 0.2) is 0 Å². The SMILES string of the molecule is Cc1c(/C=C\N)n(-c2ccncc2-c2cnccc2-c2ccc3c(-c4ccccc4)c4ccccc4c(-c4ccccc4)c3c2)c2ccccc12. The predicted octanol–water partition coefficient (Wildman–Crippen LogP) is 11.6. The van der Waals surface area contributed by atoms with E-state index in [-0.39, 0.29) is 0 Å². The average Bonchev–Trinajstić information content (AvgIpc) is 3.47. The molecule has 0 unspecified atom stereocenters. The fourth-order valence-corrected chi connectivity index (χ4v) is 7.80. The summed E-state index contributed by atoms with van der Waals surface area (Å²) in [7, 11) is 0. The minimum absolute atomic E-state index is 0.986. The van der Waals surface area contributed by atoms with Crippen LogP contribution < -0.4 is 5.73 Å². The highest BCUT2D eigenvalue weighted by Crippen LogP contribution is 2.46. The Kier molecular flexibility index (Phi) is 7.48. The molecule has 0 aliphatic rings. The first kappa shape index (κ1) is 30.3. The van der Waals surface area contributed by atoms with Gasteiger partial charge in [0.1, 0.15) is 0 Å². The summed E-state index contributed by atoms with van der Waals surface area (Å²) in [4.78, 5) is 9.30. The van der Waals surface area contributed by atoms with E-state index < -0.39 is 0 Å². The minimum Gasteiger partial charge on any atom is -0.405 e. The van der Waals surface area contributed by atoms with Crippen molar-refractivity contribution >= 4 is 38.5 Å². The molecule has 4 nitrogen and oxygen atoms in total. The van der Waals surface area contributed by atoms with Crippen molar-refractivity contribution in [1.82, 2.24) is 14.5 Å². The molecule has 0 fully saturated rings. The van der Waals surface area contributed by atoms with Gasteiger partial charge in [-0.3, -0.25) is 9.97 Å². The van der Waals surface area contributed by atoms with Gasteiger partial charge in [0.2, 0.25) is 0 Å². The molecule has 0 saturated carbocycles. The van der Waals surface area contributed by atoms with Crippen molar-refractivity contribution in [1.29, 1.82) is 0 Å². The average molecular weight is 655 g/mol. The number of hydrogen-bond acceptors (Lipinski definition) is 3. The molecular weight excluding hydrogens is 621 g/mol. The van der Waals surface area contributed by atoms with Crippen molar-refractivity contribution in [3.05, 3.63) is 182 Å². The van der Waals surface area contributed by atoms with Gasteiger partial charge in [0.25, 0.3) is 0 Å². The van der Waals surface area contributed by atoms with Crippen molar-refractivity contribution in [2.75, 3.05) is 0 Å². The van der Waals surface area contributed by atoms with Crippen molar-refractivity contribution in [3.63, 3.8) is 0 Å². The summed E-state index contributed by atoms with van der Waals surface area (Å²) < 4.78 is 2.29. The third kappa shape index (κ3) is 5.00. The Morgan fingerprint density at radius 2 is 1.08 bits per heavy atom. The molecule has 3 aromatic heterocycles. The van der Waals surface area contributed by atoms with Crippen LogP contribution in [0.15, 0.2) is 171 Å². The molecule has 0 spiro atoms. The lowest BCUT2D eigenvalue weighted by atomic mass is 9.84. The number of rotatable bonds is 6. The maximum absolute atomic E-state index is 6.01. The second-order valence-corrected chi connectivity index (χ2v) is 12.8. The zero-order valence-electron chi connectivity index (χ0n) is 28.2. The van der Waals surface area contributed by atoms with Crippen LogP contribution in [0, 0.1) is 6.92 Å². The van der Waals surface area contributed by atoms with Gasteiger partial charge >= 0.3 is 0 Å². The summed E-state index contributed by atoms with van der Waals surface area (Å²) in [5, 5.41) is 6.07. The molecule has 0 atom stereocenters. The fourth-order valence-electron chi connectivity index (χ4n) is 7.80. The van der Waals surface area contributed by atoms with Crippen LogP contribution in [-0.2, 0) is 0 Å². The van der Waals surface area contributed by atoms with E-state index in [9.17, 15) is 0 Å². The number of hydrogen-bond donors (Lipinski definition) is 1. The molecule has 0 bridgehead atoms. The lowest BCUT2D eigenvalue weighted by Crippen LogP contribution is -2.02. The van der Waals surface area contributed by atoms with Crippen LogP contribution in [0.1, 0.15) is 11.3 Å². The standard InChI is InChI=1S/C47H34N4/c1-31-35-16-10-11-19-44(35)51(43(31)22-25-48)45-24-27-50-30-42(45)41-29-49-26-23-36(41)34-20-21-39-40(28-34)47(33-14-6-3-7-15-33)38-18-9-8-17-37(38)46(39)32-12-4-2-5-13-32/h2-30H,48H2,1H3/b25-22-. The highest BCUT2D eigenvalue weighted by molar-refractivity contribution is 6.22. The van der Waals surface area contributed by atoms with E-state index in [1.54, 1.807) is 6.20 Å². The molecule has 242 valence electrons. The van der Waals surface area contributed by atoms with Crippen molar-refractivity contribution < 1.29 is 0 Å². The van der Waals surface area contributed by atoms with Crippen LogP contribution in [0.2, 0.25) is 0 Å². The third-order valence-corrected chi connectivity index (χ3v) is 10.0. The van der Waals surface area contributed by atoms with Gasteiger partial charge in [-0.15, -0.1) is 0 Å². The molecule has 4 heteroatoms. The monoisotopic (exact) mass is 654 g/mol. The Balaban J connectivity index is 1.33. The van der Waals surface area contributed by atoms with E-state index in [2.05, 4.69) is 161 Å². The van der Waals surface area contributed by atoms with Crippen molar-refractivity contribution in [2.24, 2.45) is 5.73 Å². The van der Waals surface area contributed by atoms with Crippen LogP contribution in [0.4, 0.5) is 0 Å². The van der Waals surface area contributed by atoms with Gasteiger partial charge in [0.05, 0.1) is 16.9 Å². The maximum Gasteiger partial charge on any atom is 0.0572 e. The number of nitrogens with zero attached hydrogens (tertiary/aromatic N) is 3. The van der Waals surface area contributed by atoms with Crippen LogP contribution in [0.3, 0.4) is 0 Å². The molecular formula is C47H34N4. The van der Waals surface area contributed by atoms with Crippen LogP contribution >= 0.6 is 0 Å². The molecule has 3 heterocycles. The summed E-state index contributed by atoms with van der Waals surface area (Å²) in [6.45, 7) is 2.15. The molecule has 51 heavy (non-hydrogen) atoms. The summed E-state index contributed by atoms with van der Waals surface area (Å²) in [6, 6.07) is 49.9. The lowest BCUT2D eigenvalue weighted by molar-refractivity contribution is 1.08. The van der Waals surface area contributed by atoms with Crippen LogP contribution in [0.5, 0.6) is 0 Å². The number of benzene rings is 6. The van der Waals surface area contributed by atoms with E-state index in [0.717, 1.165) is 39.2 Å². The number of pyridine rings is 2. The quantitative estimate of drug-likeness (QED) is 0.182. The Labute approximate surface area is 296 Å². The van der Waals surface area contributed by atoms with Gasteiger partial charge in [-0.05, 0) is 104 Å². The van der Waals surface area contributed by atoms with E-state index in [4.69, 9.17) is 5.73 Å². The van der Waals surface area contributed by atoms with E-state index >= 15 is 0 Å². The molecule has 9 rings (SSSR count).